The number of hydrogen-bond donors (Lipinski definition) is 1. The van der Waals surface area contributed by atoms with Crippen LogP contribution >= 0.6 is 11.8 Å². The fraction of sp³-hybridized carbons (Fsp3) is 0.179. The van der Waals surface area contributed by atoms with Crippen LogP contribution in [0, 0.1) is 13.8 Å². The van der Waals surface area contributed by atoms with Crippen LogP contribution in [0.2, 0.25) is 0 Å². The molecule has 178 valence electrons. The normalized spacial score (nSPS) is 15.6. The Morgan fingerprint density at radius 3 is 2.09 bits per heavy atom. The summed E-state index contributed by atoms with van der Waals surface area (Å²) in [6.45, 7) is 4.04. The van der Waals surface area contributed by atoms with Crippen LogP contribution in [0.5, 0.6) is 11.5 Å². The number of imide groups is 1. The van der Waals surface area contributed by atoms with Gasteiger partial charge < -0.3 is 9.47 Å². The topological polar surface area (TPSA) is 81.7 Å². The van der Waals surface area contributed by atoms with Gasteiger partial charge in [0.1, 0.15) is 11.5 Å². The van der Waals surface area contributed by atoms with E-state index >= 15 is 0 Å². The smallest absolute Gasteiger partial charge is 0.338 e. The molecule has 0 radical (unpaired) electrons. The van der Waals surface area contributed by atoms with Gasteiger partial charge in [-0.05, 0) is 67.3 Å². The minimum absolute atomic E-state index is 0.252. The molecule has 1 atom stereocenters. The number of thioether (sulfide) groups is 1. The molecular weight excluding hydrogens is 462 g/mol. The predicted molar refractivity (Wildman–Crippen MR) is 137 cm³/mol. The standard InChI is InChI=1S/C28H25NO5S/c1-17-12-18(2)14-20(13-17)15-24(27(31)33-3)21-6-10-23(11-7-21)34-22-8-4-19(5-9-22)16-25-26(30)29-28(32)35-25/h4-15,25H,16H2,1-3H3,(H,29,30,32)/b24-15+/t25-/m1/s1. The number of nitrogens with one attached hydrogen (secondary N) is 1. The lowest BCUT2D eigenvalue weighted by Crippen LogP contribution is -2.25. The van der Waals surface area contributed by atoms with Gasteiger partial charge in [-0.2, -0.15) is 0 Å². The highest BCUT2D eigenvalue weighted by Crippen LogP contribution is 2.28. The van der Waals surface area contributed by atoms with E-state index in [4.69, 9.17) is 9.47 Å². The summed E-state index contributed by atoms with van der Waals surface area (Å²) in [4.78, 5) is 35.6. The summed E-state index contributed by atoms with van der Waals surface area (Å²) in [6, 6.07) is 20.8. The van der Waals surface area contributed by atoms with Crippen LogP contribution in [0.25, 0.3) is 11.6 Å². The van der Waals surface area contributed by atoms with Crippen molar-refractivity contribution >= 4 is 40.5 Å². The predicted octanol–water partition coefficient (Wildman–Crippen LogP) is 5.70. The van der Waals surface area contributed by atoms with Gasteiger partial charge in [-0.3, -0.25) is 14.9 Å². The van der Waals surface area contributed by atoms with Crippen molar-refractivity contribution in [1.29, 1.82) is 0 Å². The first-order valence-corrected chi connectivity index (χ1v) is 12.0. The summed E-state index contributed by atoms with van der Waals surface area (Å²) in [5.74, 6) is 0.594. The molecule has 3 aromatic carbocycles. The lowest BCUT2D eigenvalue weighted by Gasteiger charge is -2.10. The summed E-state index contributed by atoms with van der Waals surface area (Å²) in [5.41, 5.74) is 5.29. The molecule has 7 heteroatoms. The Labute approximate surface area is 208 Å². The summed E-state index contributed by atoms with van der Waals surface area (Å²) in [6.07, 6.45) is 2.30. The maximum absolute atomic E-state index is 12.5. The Morgan fingerprint density at radius 2 is 1.54 bits per heavy atom. The monoisotopic (exact) mass is 487 g/mol. The third kappa shape index (κ3) is 6.19. The number of amides is 2. The molecule has 2 amide bonds. The van der Waals surface area contributed by atoms with Crippen LogP contribution < -0.4 is 10.1 Å². The van der Waals surface area contributed by atoms with Gasteiger partial charge in [-0.15, -0.1) is 0 Å². The zero-order valence-corrected chi connectivity index (χ0v) is 20.5. The second-order valence-corrected chi connectivity index (χ2v) is 9.50. The lowest BCUT2D eigenvalue weighted by atomic mass is 10.0. The zero-order valence-electron chi connectivity index (χ0n) is 19.7. The van der Waals surface area contributed by atoms with Gasteiger partial charge in [0, 0.05) is 0 Å². The van der Waals surface area contributed by atoms with E-state index in [0.717, 1.165) is 39.6 Å². The van der Waals surface area contributed by atoms with Crippen molar-refractivity contribution in [3.8, 4) is 11.5 Å². The minimum Gasteiger partial charge on any atom is -0.465 e. The van der Waals surface area contributed by atoms with Crippen molar-refractivity contribution in [3.05, 3.63) is 94.5 Å². The molecule has 1 N–H and O–H groups in total. The number of carbonyl (C=O) groups is 3. The van der Waals surface area contributed by atoms with Crippen molar-refractivity contribution in [2.75, 3.05) is 7.11 Å². The van der Waals surface area contributed by atoms with Gasteiger partial charge in [0.25, 0.3) is 5.24 Å². The van der Waals surface area contributed by atoms with E-state index < -0.39 is 11.2 Å². The van der Waals surface area contributed by atoms with Crippen LogP contribution in [0.3, 0.4) is 0 Å². The van der Waals surface area contributed by atoms with Crippen LogP contribution in [0.4, 0.5) is 4.79 Å². The highest BCUT2D eigenvalue weighted by Gasteiger charge is 2.31. The molecule has 0 spiro atoms. The van der Waals surface area contributed by atoms with Crippen molar-refractivity contribution in [2.45, 2.75) is 25.5 Å². The minimum atomic E-state index is -0.413. The summed E-state index contributed by atoms with van der Waals surface area (Å²) >= 11 is 1.02. The summed E-state index contributed by atoms with van der Waals surface area (Å²) in [7, 11) is 1.37. The number of aryl methyl sites for hydroxylation is 2. The van der Waals surface area contributed by atoms with E-state index in [0.29, 0.717) is 23.5 Å². The molecule has 1 saturated heterocycles. The highest BCUT2D eigenvalue weighted by molar-refractivity contribution is 8.15. The fourth-order valence-electron chi connectivity index (χ4n) is 3.90. The molecule has 1 heterocycles. The number of methoxy groups -OCH3 is 1. The van der Waals surface area contributed by atoms with Gasteiger partial charge in [-0.25, -0.2) is 4.79 Å². The first kappa shape index (κ1) is 24.3. The van der Waals surface area contributed by atoms with E-state index in [9.17, 15) is 14.4 Å². The van der Waals surface area contributed by atoms with E-state index in [1.165, 1.54) is 7.11 Å². The lowest BCUT2D eigenvalue weighted by molar-refractivity contribution is -0.133. The zero-order chi connectivity index (χ0) is 24.9. The first-order chi connectivity index (χ1) is 16.8. The van der Waals surface area contributed by atoms with Crippen LogP contribution in [-0.4, -0.2) is 29.5 Å². The van der Waals surface area contributed by atoms with E-state index in [-0.39, 0.29) is 11.1 Å². The molecule has 6 nitrogen and oxygen atoms in total. The molecule has 3 aromatic rings. The number of rotatable bonds is 7. The van der Waals surface area contributed by atoms with Crippen molar-refractivity contribution < 1.29 is 23.9 Å². The van der Waals surface area contributed by atoms with Gasteiger partial charge in [0.2, 0.25) is 5.91 Å². The number of carbonyl (C=O) groups excluding carboxylic acids is 3. The number of ether oxygens (including phenoxy) is 2. The molecule has 4 rings (SSSR count). The molecule has 35 heavy (non-hydrogen) atoms. The third-order valence-electron chi connectivity index (χ3n) is 5.47. The Hall–Kier alpha value is -3.84. The van der Waals surface area contributed by atoms with Crippen LogP contribution in [0.1, 0.15) is 27.8 Å². The largest absolute Gasteiger partial charge is 0.465 e. The second-order valence-electron chi connectivity index (χ2n) is 8.33. The maximum atomic E-state index is 12.5. The molecule has 1 aliphatic rings. The Balaban J connectivity index is 1.47. The van der Waals surface area contributed by atoms with Gasteiger partial charge in [0.05, 0.1) is 17.9 Å². The molecule has 0 aliphatic carbocycles. The number of esters is 1. The molecule has 1 fully saturated rings. The average molecular weight is 488 g/mol. The van der Waals surface area contributed by atoms with Gasteiger partial charge in [0.15, 0.2) is 0 Å². The van der Waals surface area contributed by atoms with E-state index in [1.54, 1.807) is 12.1 Å². The van der Waals surface area contributed by atoms with Gasteiger partial charge in [-0.1, -0.05) is 65.4 Å². The number of hydrogen-bond acceptors (Lipinski definition) is 6. The number of benzene rings is 3. The summed E-state index contributed by atoms with van der Waals surface area (Å²) in [5, 5.41) is 1.60. The van der Waals surface area contributed by atoms with Crippen molar-refractivity contribution in [1.82, 2.24) is 5.32 Å². The van der Waals surface area contributed by atoms with Crippen LogP contribution in [-0.2, 0) is 20.7 Å². The quantitative estimate of drug-likeness (QED) is 0.261. The summed E-state index contributed by atoms with van der Waals surface area (Å²) < 4.78 is 11.0. The molecule has 1 aliphatic heterocycles. The van der Waals surface area contributed by atoms with Crippen molar-refractivity contribution in [2.24, 2.45) is 0 Å². The molecular formula is C28H25NO5S. The molecule has 0 aromatic heterocycles. The average Bonchev–Trinajstić information content (AvgIpc) is 3.14. The highest BCUT2D eigenvalue weighted by atomic mass is 32.2. The SMILES string of the molecule is COC(=O)/C(=C/c1cc(C)cc(C)c1)c1ccc(Oc2ccc(C[C@H]3SC(=O)NC3=O)cc2)cc1. The molecule has 0 bridgehead atoms. The third-order valence-corrected chi connectivity index (χ3v) is 6.45. The van der Waals surface area contributed by atoms with Crippen LogP contribution in [0.15, 0.2) is 66.7 Å². The fourth-order valence-corrected chi connectivity index (χ4v) is 4.76. The Bertz CT molecular complexity index is 1280. The Morgan fingerprint density at radius 1 is 0.943 bits per heavy atom. The van der Waals surface area contributed by atoms with Crippen molar-refractivity contribution in [3.63, 3.8) is 0 Å². The van der Waals surface area contributed by atoms with E-state index in [2.05, 4.69) is 11.4 Å². The van der Waals surface area contributed by atoms with E-state index in [1.807, 2.05) is 68.5 Å². The molecule has 0 saturated carbocycles. The molecule has 0 unspecified atom stereocenters. The second kappa shape index (κ2) is 10.6. The maximum Gasteiger partial charge on any atom is 0.338 e. The Kier molecular flexibility index (Phi) is 7.36. The first-order valence-electron chi connectivity index (χ1n) is 11.1. The van der Waals surface area contributed by atoms with Gasteiger partial charge >= 0.3 is 5.97 Å².